The second kappa shape index (κ2) is 10.8. The van der Waals surface area contributed by atoms with E-state index in [-0.39, 0.29) is 17.6 Å². The molecule has 0 aromatic rings. The molecule has 1 N–H and O–H groups in total. The van der Waals surface area contributed by atoms with Gasteiger partial charge in [0, 0.05) is 6.42 Å². The summed E-state index contributed by atoms with van der Waals surface area (Å²) >= 11 is 0. The summed E-state index contributed by atoms with van der Waals surface area (Å²) in [6.45, 7) is 13.1. The molecule has 0 rings (SSSR count). The van der Waals surface area contributed by atoms with Crippen LogP contribution in [0.5, 0.6) is 0 Å². The number of esters is 1. The van der Waals surface area contributed by atoms with Gasteiger partial charge in [-0.2, -0.15) is 0 Å². The predicted molar refractivity (Wildman–Crippen MR) is 103 cm³/mol. The lowest BCUT2D eigenvalue weighted by Gasteiger charge is -2.39. The van der Waals surface area contributed by atoms with Crippen LogP contribution in [-0.4, -0.2) is 38.7 Å². The van der Waals surface area contributed by atoms with Crippen LogP contribution in [-0.2, 0) is 14.0 Å². The van der Waals surface area contributed by atoms with Gasteiger partial charge in [-0.3, -0.25) is 4.79 Å². The topological polar surface area (TPSA) is 55.8 Å². The Labute approximate surface area is 149 Å². The lowest BCUT2D eigenvalue weighted by atomic mass is 10.1. The highest BCUT2D eigenvalue weighted by Crippen LogP contribution is 2.38. The summed E-state index contributed by atoms with van der Waals surface area (Å²) in [5.74, 6) is -0.402. The summed E-state index contributed by atoms with van der Waals surface area (Å²) < 4.78 is 11.0. The fourth-order valence-electron chi connectivity index (χ4n) is 1.88. The third kappa shape index (κ3) is 9.40. The molecular formula is C19H36O4Si. The number of rotatable bonds is 10. The first kappa shape index (κ1) is 23.1. The van der Waals surface area contributed by atoms with Gasteiger partial charge in [0.25, 0.3) is 0 Å². The molecule has 0 aliphatic carbocycles. The van der Waals surface area contributed by atoms with Gasteiger partial charge in [-0.25, -0.2) is 0 Å². The van der Waals surface area contributed by atoms with Crippen LogP contribution in [0.15, 0.2) is 24.3 Å². The number of carbonyl (C=O) groups excluding carboxylic acids is 1. The smallest absolute Gasteiger partial charge is 0.308 e. The maximum atomic E-state index is 11.3. The van der Waals surface area contributed by atoms with Crippen LogP contribution in [0.4, 0.5) is 0 Å². The van der Waals surface area contributed by atoms with Crippen LogP contribution in [0.25, 0.3) is 0 Å². The molecule has 0 heterocycles. The monoisotopic (exact) mass is 356 g/mol. The van der Waals surface area contributed by atoms with Crippen LogP contribution in [0, 0.1) is 0 Å². The van der Waals surface area contributed by atoms with Crippen molar-refractivity contribution in [3.63, 3.8) is 0 Å². The molecule has 5 heteroatoms. The van der Waals surface area contributed by atoms with Gasteiger partial charge in [0.2, 0.25) is 0 Å². The highest BCUT2D eigenvalue weighted by Gasteiger charge is 2.39. The first-order chi connectivity index (χ1) is 11.0. The van der Waals surface area contributed by atoms with E-state index in [2.05, 4.69) is 51.6 Å². The van der Waals surface area contributed by atoms with E-state index < -0.39 is 20.4 Å². The molecule has 0 aromatic carbocycles. The molecule has 0 saturated carbocycles. The minimum absolute atomic E-state index is 0.00657. The maximum Gasteiger partial charge on any atom is 0.308 e. The highest BCUT2D eigenvalue weighted by atomic mass is 28.4. The van der Waals surface area contributed by atoms with Crippen molar-refractivity contribution in [2.45, 2.75) is 83.7 Å². The molecule has 0 aliphatic rings. The zero-order valence-corrected chi connectivity index (χ0v) is 17.5. The first-order valence-electron chi connectivity index (χ1n) is 8.79. The molecule has 140 valence electrons. The fraction of sp³-hybridized carbons (Fsp3) is 0.737. The van der Waals surface area contributed by atoms with Gasteiger partial charge in [0.05, 0.1) is 25.7 Å². The SMILES string of the molecule is CCC/C=C/C=C/C(CC(O)CC(=O)OC)O[Si](C)(C)C(C)(C)C. The van der Waals surface area contributed by atoms with Crippen LogP contribution >= 0.6 is 0 Å². The van der Waals surface area contributed by atoms with Gasteiger partial charge in [0.1, 0.15) is 0 Å². The van der Waals surface area contributed by atoms with Crippen molar-refractivity contribution < 1.29 is 19.1 Å². The average molecular weight is 357 g/mol. The number of carbonyl (C=O) groups is 1. The third-order valence-electron chi connectivity index (χ3n) is 4.41. The van der Waals surface area contributed by atoms with Gasteiger partial charge >= 0.3 is 5.97 Å². The molecule has 0 aromatic heterocycles. The number of aliphatic hydroxyl groups is 1. The van der Waals surface area contributed by atoms with Crippen molar-refractivity contribution >= 4 is 14.3 Å². The Morgan fingerprint density at radius 3 is 2.38 bits per heavy atom. The molecule has 0 amide bonds. The minimum Gasteiger partial charge on any atom is -0.469 e. The van der Waals surface area contributed by atoms with E-state index in [4.69, 9.17) is 4.43 Å². The van der Waals surface area contributed by atoms with E-state index in [1.54, 1.807) is 0 Å². The summed E-state index contributed by atoms with van der Waals surface area (Å²) in [6, 6.07) is 0. The van der Waals surface area contributed by atoms with Crippen LogP contribution in [0.1, 0.15) is 53.4 Å². The molecule has 0 bridgehead atoms. The number of ether oxygens (including phenoxy) is 1. The van der Waals surface area contributed by atoms with E-state index in [0.717, 1.165) is 12.8 Å². The quantitative estimate of drug-likeness (QED) is 0.353. The Balaban J connectivity index is 4.98. The van der Waals surface area contributed by atoms with Crippen LogP contribution < -0.4 is 0 Å². The molecular weight excluding hydrogens is 320 g/mol. The van der Waals surface area contributed by atoms with Crippen molar-refractivity contribution in [2.24, 2.45) is 0 Å². The van der Waals surface area contributed by atoms with Crippen molar-refractivity contribution in [1.82, 2.24) is 0 Å². The number of methoxy groups -OCH3 is 1. The van der Waals surface area contributed by atoms with Gasteiger partial charge in [-0.05, 0) is 24.6 Å². The zero-order chi connectivity index (χ0) is 18.8. The zero-order valence-electron chi connectivity index (χ0n) is 16.5. The average Bonchev–Trinajstić information content (AvgIpc) is 2.44. The van der Waals surface area contributed by atoms with E-state index >= 15 is 0 Å². The molecule has 0 aliphatic heterocycles. The maximum absolute atomic E-state index is 11.3. The number of unbranched alkanes of at least 4 members (excludes halogenated alkanes) is 1. The van der Waals surface area contributed by atoms with Crippen molar-refractivity contribution in [3.05, 3.63) is 24.3 Å². The molecule has 24 heavy (non-hydrogen) atoms. The standard InChI is InChI=1S/C19H36O4Si/c1-8-9-10-11-12-13-17(14-16(20)15-18(21)22-5)23-24(6,7)19(2,3)4/h10-13,16-17,20H,8-9,14-15H2,1-7H3/b11-10+,13-12+. The molecule has 0 fully saturated rings. The lowest BCUT2D eigenvalue weighted by Crippen LogP contribution is -2.44. The number of aliphatic hydroxyl groups excluding tert-OH is 1. The van der Waals surface area contributed by atoms with Crippen LogP contribution in [0.3, 0.4) is 0 Å². The van der Waals surface area contributed by atoms with Gasteiger partial charge < -0.3 is 14.3 Å². The van der Waals surface area contributed by atoms with Gasteiger partial charge in [-0.15, -0.1) is 0 Å². The van der Waals surface area contributed by atoms with Gasteiger partial charge in [-0.1, -0.05) is 58.4 Å². The van der Waals surface area contributed by atoms with Crippen molar-refractivity contribution in [3.8, 4) is 0 Å². The molecule has 0 saturated heterocycles. The highest BCUT2D eigenvalue weighted by molar-refractivity contribution is 6.74. The molecule has 2 atom stereocenters. The third-order valence-corrected chi connectivity index (χ3v) is 8.92. The Morgan fingerprint density at radius 2 is 1.88 bits per heavy atom. The summed E-state index contributed by atoms with van der Waals surface area (Å²) in [5.41, 5.74) is 0. The number of hydrogen-bond donors (Lipinski definition) is 1. The largest absolute Gasteiger partial charge is 0.469 e. The number of allylic oxidation sites excluding steroid dienone is 3. The second-order valence-corrected chi connectivity index (χ2v) is 12.4. The van der Waals surface area contributed by atoms with Crippen LogP contribution in [0.2, 0.25) is 18.1 Å². The summed E-state index contributed by atoms with van der Waals surface area (Å²) in [7, 11) is -0.631. The summed E-state index contributed by atoms with van der Waals surface area (Å²) in [5, 5.41) is 10.2. The van der Waals surface area contributed by atoms with Gasteiger partial charge in [0.15, 0.2) is 8.32 Å². The predicted octanol–water partition coefficient (Wildman–Crippen LogP) is 4.60. The normalized spacial score (nSPS) is 15.8. The summed E-state index contributed by atoms with van der Waals surface area (Å²) in [6.07, 6.45) is 9.64. The minimum atomic E-state index is -1.96. The Morgan fingerprint density at radius 1 is 1.25 bits per heavy atom. The van der Waals surface area contributed by atoms with E-state index in [1.807, 2.05) is 18.2 Å². The Bertz CT molecular complexity index is 422. The number of hydrogen-bond acceptors (Lipinski definition) is 4. The molecule has 2 unspecified atom stereocenters. The fourth-order valence-corrected chi connectivity index (χ4v) is 3.16. The second-order valence-electron chi connectivity index (χ2n) is 7.69. The lowest BCUT2D eigenvalue weighted by molar-refractivity contribution is -0.143. The Hall–Kier alpha value is -0.913. The van der Waals surface area contributed by atoms with E-state index in [0.29, 0.717) is 6.42 Å². The molecule has 0 spiro atoms. The molecule has 0 radical (unpaired) electrons. The van der Waals surface area contributed by atoms with Crippen molar-refractivity contribution in [1.29, 1.82) is 0 Å². The van der Waals surface area contributed by atoms with Crippen molar-refractivity contribution in [2.75, 3.05) is 7.11 Å². The van der Waals surface area contributed by atoms with E-state index in [9.17, 15) is 9.90 Å². The Kier molecular flexibility index (Phi) is 10.4. The summed E-state index contributed by atoms with van der Waals surface area (Å²) in [4.78, 5) is 11.3. The van der Waals surface area contributed by atoms with E-state index in [1.165, 1.54) is 7.11 Å². The first-order valence-corrected chi connectivity index (χ1v) is 11.7. The molecule has 4 nitrogen and oxygen atoms in total.